The van der Waals surface area contributed by atoms with E-state index in [1.165, 1.54) is 0 Å². The molecule has 1 aromatic heterocycles. The topological polar surface area (TPSA) is 94.0 Å². The van der Waals surface area contributed by atoms with Gasteiger partial charge in [0.05, 0.1) is 7.11 Å². The Morgan fingerprint density at radius 1 is 1.50 bits per heavy atom. The Hall–Kier alpha value is -2.19. The van der Waals surface area contributed by atoms with Crippen LogP contribution in [0.5, 0.6) is 5.75 Å². The van der Waals surface area contributed by atoms with E-state index in [0.717, 1.165) is 19.4 Å². The first-order valence-electron chi connectivity index (χ1n) is 7.64. The molecule has 1 atom stereocenters. The van der Waals surface area contributed by atoms with Crippen LogP contribution >= 0.6 is 12.4 Å². The normalized spacial score (nSPS) is 16.5. The minimum absolute atomic E-state index is 0. The molecule has 1 aliphatic heterocycles. The third-order valence-corrected chi connectivity index (χ3v) is 3.91. The van der Waals surface area contributed by atoms with Crippen molar-refractivity contribution in [2.24, 2.45) is 0 Å². The first kappa shape index (κ1) is 18.2. The summed E-state index contributed by atoms with van der Waals surface area (Å²) in [7, 11) is 1.59. The van der Waals surface area contributed by atoms with Crippen molar-refractivity contribution in [2.75, 3.05) is 19.0 Å². The van der Waals surface area contributed by atoms with E-state index in [1.807, 2.05) is 12.1 Å². The van der Waals surface area contributed by atoms with Gasteiger partial charge in [-0.3, -0.25) is 4.79 Å². The molecule has 2 aromatic rings. The smallest absolute Gasteiger partial charge is 0.225 e. The molecule has 0 radical (unpaired) electrons. The molecule has 1 unspecified atom stereocenters. The fourth-order valence-electron chi connectivity index (χ4n) is 2.75. The number of amides is 1. The van der Waals surface area contributed by atoms with Gasteiger partial charge in [0.1, 0.15) is 11.4 Å². The predicted octanol–water partition coefficient (Wildman–Crippen LogP) is 1.48. The number of tetrazole rings is 1. The number of aromatic nitrogens is 4. The number of anilines is 1. The monoisotopic (exact) mass is 352 g/mol. The number of carbonyl (C=O) groups excluding carboxylic acids is 1. The summed E-state index contributed by atoms with van der Waals surface area (Å²) in [4.78, 5) is 12.2. The van der Waals surface area contributed by atoms with Crippen molar-refractivity contribution in [1.82, 2.24) is 25.5 Å². The van der Waals surface area contributed by atoms with Crippen LogP contribution in [0.1, 0.15) is 25.1 Å². The Balaban J connectivity index is 0.00000208. The Kier molecular flexibility index (Phi) is 6.10. The molecule has 24 heavy (non-hydrogen) atoms. The molecule has 0 aliphatic carbocycles. The molecule has 0 spiro atoms. The van der Waals surface area contributed by atoms with Crippen molar-refractivity contribution in [3.63, 3.8) is 0 Å². The van der Waals surface area contributed by atoms with E-state index in [0.29, 0.717) is 29.4 Å². The lowest BCUT2D eigenvalue weighted by Gasteiger charge is -2.13. The van der Waals surface area contributed by atoms with Crippen molar-refractivity contribution in [1.29, 1.82) is 0 Å². The summed E-state index contributed by atoms with van der Waals surface area (Å²) < 4.78 is 6.93. The second-order valence-electron chi connectivity index (χ2n) is 5.57. The average molecular weight is 353 g/mol. The molecule has 0 saturated carbocycles. The molecule has 8 nitrogen and oxygen atoms in total. The SMILES string of the molecule is COc1ccc(NC(=O)CC2CCCN2)cc1-n1nnnc1C.Cl. The van der Waals surface area contributed by atoms with Crippen molar-refractivity contribution in [2.45, 2.75) is 32.2 Å². The zero-order valence-corrected chi connectivity index (χ0v) is 14.5. The third-order valence-electron chi connectivity index (χ3n) is 3.91. The number of methoxy groups -OCH3 is 1. The molecule has 1 aromatic carbocycles. The van der Waals surface area contributed by atoms with E-state index in [2.05, 4.69) is 26.2 Å². The number of benzene rings is 1. The number of ether oxygens (including phenoxy) is 1. The number of hydrogen-bond acceptors (Lipinski definition) is 6. The van der Waals surface area contributed by atoms with Gasteiger partial charge in [-0.25, -0.2) is 0 Å². The molecule has 130 valence electrons. The Labute approximate surface area is 146 Å². The van der Waals surface area contributed by atoms with Crippen LogP contribution in [0.3, 0.4) is 0 Å². The highest BCUT2D eigenvalue weighted by molar-refractivity contribution is 5.91. The van der Waals surface area contributed by atoms with E-state index in [1.54, 1.807) is 24.8 Å². The summed E-state index contributed by atoms with van der Waals surface area (Å²) in [5.41, 5.74) is 1.38. The van der Waals surface area contributed by atoms with Gasteiger partial charge < -0.3 is 15.4 Å². The summed E-state index contributed by atoms with van der Waals surface area (Å²) in [6.07, 6.45) is 2.65. The summed E-state index contributed by atoms with van der Waals surface area (Å²) in [5.74, 6) is 1.27. The number of hydrogen-bond donors (Lipinski definition) is 2. The highest BCUT2D eigenvalue weighted by Crippen LogP contribution is 2.26. The standard InChI is InChI=1S/C15H20N6O2.ClH/c1-10-18-19-20-21(10)13-8-12(5-6-14(13)23-2)17-15(22)9-11-4-3-7-16-11;/h5-6,8,11,16H,3-4,7,9H2,1-2H3,(H,17,22);1H. The van der Waals surface area contributed by atoms with Gasteiger partial charge in [0, 0.05) is 18.2 Å². The number of halogens is 1. The van der Waals surface area contributed by atoms with Crippen LogP contribution in [-0.4, -0.2) is 45.8 Å². The fraction of sp³-hybridized carbons (Fsp3) is 0.467. The van der Waals surface area contributed by atoms with E-state index < -0.39 is 0 Å². The lowest BCUT2D eigenvalue weighted by molar-refractivity contribution is -0.116. The second kappa shape index (κ2) is 8.07. The lowest BCUT2D eigenvalue weighted by Crippen LogP contribution is -2.27. The van der Waals surface area contributed by atoms with Gasteiger partial charge in [0.2, 0.25) is 5.91 Å². The van der Waals surface area contributed by atoms with Crippen LogP contribution in [0.15, 0.2) is 18.2 Å². The van der Waals surface area contributed by atoms with Crippen LogP contribution in [-0.2, 0) is 4.79 Å². The molecule has 1 aliphatic rings. The van der Waals surface area contributed by atoms with E-state index >= 15 is 0 Å². The molecule has 2 heterocycles. The maximum atomic E-state index is 12.2. The maximum Gasteiger partial charge on any atom is 0.225 e. The minimum atomic E-state index is -0.00560. The van der Waals surface area contributed by atoms with Crippen LogP contribution in [0.4, 0.5) is 5.69 Å². The summed E-state index contributed by atoms with van der Waals surface area (Å²) in [6.45, 7) is 2.79. The molecule has 3 rings (SSSR count). The Bertz CT molecular complexity index is 699. The molecule has 1 fully saturated rings. The summed E-state index contributed by atoms with van der Waals surface area (Å²) in [5, 5.41) is 17.7. The van der Waals surface area contributed by atoms with Gasteiger partial charge in [-0.2, -0.15) is 4.68 Å². The number of rotatable bonds is 5. The Morgan fingerprint density at radius 2 is 2.33 bits per heavy atom. The fourth-order valence-corrected chi connectivity index (χ4v) is 2.75. The number of nitrogens with zero attached hydrogens (tertiary/aromatic N) is 4. The quantitative estimate of drug-likeness (QED) is 0.846. The highest BCUT2D eigenvalue weighted by Gasteiger charge is 2.18. The van der Waals surface area contributed by atoms with Gasteiger partial charge in [-0.15, -0.1) is 17.5 Å². The van der Waals surface area contributed by atoms with E-state index in [9.17, 15) is 4.79 Å². The highest BCUT2D eigenvalue weighted by atomic mass is 35.5. The Morgan fingerprint density at radius 3 is 2.96 bits per heavy atom. The van der Waals surface area contributed by atoms with Gasteiger partial charge in [0.25, 0.3) is 0 Å². The van der Waals surface area contributed by atoms with Gasteiger partial charge >= 0.3 is 0 Å². The van der Waals surface area contributed by atoms with Crippen molar-refractivity contribution in [3.05, 3.63) is 24.0 Å². The molecule has 1 amide bonds. The first-order chi connectivity index (χ1) is 11.2. The van der Waals surface area contributed by atoms with E-state index in [-0.39, 0.29) is 24.4 Å². The van der Waals surface area contributed by atoms with Crippen LogP contribution in [0.25, 0.3) is 5.69 Å². The molecule has 1 saturated heterocycles. The predicted molar refractivity (Wildman–Crippen MR) is 92.0 cm³/mol. The van der Waals surface area contributed by atoms with E-state index in [4.69, 9.17) is 4.74 Å². The van der Waals surface area contributed by atoms with Crippen molar-refractivity contribution in [3.8, 4) is 11.4 Å². The van der Waals surface area contributed by atoms with Crippen LogP contribution in [0.2, 0.25) is 0 Å². The van der Waals surface area contributed by atoms with Crippen molar-refractivity contribution < 1.29 is 9.53 Å². The van der Waals surface area contributed by atoms with Crippen molar-refractivity contribution >= 4 is 24.0 Å². The molecular weight excluding hydrogens is 332 g/mol. The lowest BCUT2D eigenvalue weighted by atomic mass is 10.1. The number of aryl methyl sites for hydroxylation is 1. The number of carbonyl (C=O) groups is 1. The van der Waals surface area contributed by atoms with Gasteiger partial charge in [0.15, 0.2) is 5.82 Å². The number of nitrogens with one attached hydrogen (secondary N) is 2. The van der Waals surface area contributed by atoms with Gasteiger partial charge in [-0.1, -0.05) is 0 Å². The molecule has 0 bridgehead atoms. The zero-order chi connectivity index (χ0) is 16.2. The third kappa shape index (κ3) is 4.01. The first-order valence-corrected chi connectivity index (χ1v) is 7.64. The molecular formula is C15H21ClN6O2. The van der Waals surface area contributed by atoms with Gasteiger partial charge in [-0.05, 0) is 54.9 Å². The zero-order valence-electron chi connectivity index (χ0n) is 13.7. The average Bonchev–Trinajstić information content (AvgIpc) is 3.18. The maximum absolute atomic E-state index is 12.2. The minimum Gasteiger partial charge on any atom is -0.494 e. The molecule has 2 N–H and O–H groups in total. The summed E-state index contributed by atoms with van der Waals surface area (Å²) >= 11 is 0. The molecule has 9 heteroatoms. The van der Waals surface area contributed by atoms with Crippen LogP contribution in [0, 0.1) is 6.92 Å². The largest absolute Gasteiger partial charge is 0.494 e. The summed E-state index contributed by atoms with van der Waals surface area (Å²) in [6, 6.07) is 5.68. The second-order valence-corrected chi connectivity index (χ2v) is 5.57. The van der Waals surface area contributed by atoms with Crippen LogP contribution < -0.4 is 15.4 Å².